The van der Waals surface area contributed by atoms with E-state index in [1.807, 2.05) is 20.8 Å². The molecule has 2 aliphatic rings. The van der Waals surface area contributed by atoms with Crippen LogP contribution in [0.25, 0.3) is 10.9 Å². The summed E-state index contributed by atoms with van der Waals surface area (Å²) in [5.74, 6) is 1.54. The van der Waals surface area contributed by atoms with Gasteiger partial charge in [0.05, 0.1) is 5.52 Å². The fourth-order valence-electron chi connectivity index (χ4n) is 4.77. The van der Waals surface area contributed by atoms with Crippen LogP contribution in [-0.4, -0.2) is 36.6 Å². The molecule has 1 aliphatic carbocycles. The molecule has 2 aromatic rings. The SMILES string of the molecule is CC(C)(C)C(=O)NCC1CCCCC1Nc1cc(N2CCCC2)c2ccccc2n1. The van der Waals surface area contributed by atoms with Gasteiger partial charge in [0.1, 0.15) is 5.82 Å². The molecular formula is C25H36N4O. The Balaban J connectivity index is 1.53. The first-order valence-electron chi connectivity index (χ1n) is 11.6. The van der Waals surface area contributed by atoms with Crippen molar-refractivity contribution in [1.82, 2.24) is 10.3 Å². The highest BCUT2D eigenvalue weighted by molar-refractivity contribution is 5.93. The van der Waals surface area contributed by atoms with Gasteiger partial charge in [-0.15, -0.1) is 0 Å². The largest absolute Gasteiger partial charge is 0.371 e. The van der Waals surface area contributed by atoms with Crippen LogP contribution >= 0.6 is 0 Å². The van der Waals surface area contributed by atoms with Gasteiger partial charge in [0, 0.05) is 48.2 Å². The minimum atomic E-state index is -0.345. The zero-order chi connectivity index (χ0) is 21.1. The molecule has 1 aromatic carbocycles. The second-order valence-corrected chi connectivity index (χ2v) is 9.99. The first kappa shape index (κ1) is 21.0. The number of amides is 1. The van der Waals surface area contributed by atoms with Crippen LogP contribution in [0.1, 0.15) is 59.3 Å². The number of para-hydroxylation sites is 1. The first-order chi connectivity index (χ1) is 14.4. The molecule has 1 aromatic heterocycles. The number of aromatic nitrogens is 1. The van der Waals surface area contributed by atoms with Crippen molar-refractivity contribution in [2.75, 3.05) is 29.9 Å². The van der Waals surface area contributed by atoms with Gasteiger partial charge >= 0.3 is 0 Å². The zero-order valence-corrected chi connectivity index (χ0v) is 18.7. The first-order valence-corrected chi connectivity index (χ1v) is 11.6. The zero-order valence-electron chi connectivity index (χ0n) is 18.7. The summed E-state index contributed by atoms with van der Waals surface area (Å²) in [6.45, 7) is 8.89. The van der Waals surface area contributed by atoms with E-state index in [9.17, 15) is 4.79 Å². The Morgan fingerprint density at radius 2 is 1.83 bits per heavy atom. The van der Waals surface area contributed by atoms with Gasteiger partial charge in [-0.05, 0) is 37.7 Å². The molecule has 30 heavy (non-hydrogen) atoms. The maximum atomic E-state index is 12.4. The van der Waals surface area contributed by atoms with E-state index >= 15 is 0 Å². The molecule has 5 nitrogen and oxygen atoms in total. The molecule has 1 saturated carbocycles. The summed E-state index contributed by atoms with van der Waals surface area (Å²) < 4.78 is 0. The van der Waals surface area contributed by atoms with Crippen LogP contribution < -0.4 is 15.5 Å². The monoisotopic (exact) mass is 408 g/mol. The Kier molecular flexibility index (Phi) is 6.16. The van der Waals surface area contributed by atoms with E-state index in [1.54, 1.807) is 0 Å². The van der Waals surface area contributed by atoms with E-state index < -0.39 is 0 Å². The second-order valence-electron chi connectivity index (χ2n) is 9.99. The number of hydrogen-bond acceptors (Lipinski definition) is 4. The van der Waals surface area contributed by atoms with Gasteiger partial charge in [-0.1, -0.05) is 51.8 Å². The van der Waals surface area contributed by atoms with Crippen molar-refractivity contribution < 1.29 is 4.79 Å². The number of pyridine rings is 1. The number of carbonyl (C=O) groups is 1. The highest BCUT2D eigenvalue weighted by Gasteiger charge is 2.28. The molecule has 2 heterocycles. The van der Waals surface area contributed by atoms with Gasteiger partial charge in [0.2, 0.25) is 5.91 Å². The van der Waals surface area contributed by atoms with Crippen molar-refractivity contribution in [3.8, 4) is 0 Å². The number of nitrogens with one attached hydrogen (secondary N) is 2. The van der Waals surface area contributed by atoms with Crippen molar-refractivity contribution in [2.24, 2.45) is 11.3 Å². The van der Waals surface area contributed by atoms with E-state index in [1.165, 1.54) is 36.8 Å². The average Bonchev–Trinajstić information content (AvgIpc) is 3.26. The Bertz CT molecular complexity index is 882. The molecule has 2 fully saturated rings. The van der Waals surface area contributed by atoms with Crippen molar-refractivity contribution in [3.05, 3.63) is 30.3 Å². The maximum absolute atomic E-state index is 12.4. The van der Waals surface area contributed by atoms with Crippen LogP contribution in [0.15, 0.2) is 30.3 Å². The minimum absolute atomic E-state index is 0.131. The smallest absolute Gasteiger partial charge is 0.225 e. The van der Waals surface area contributed by atoms with Crippen molar-refractivity contribution in [2.45, 2.75) is 65.3 Å². The van der Waals surface area contributed by atoms with Crippen molar-refractivity contribution >= 4 is 28.3 Å². The lowest BCUT2D eigenvalue weighted by molar-refractivity contribution is -0.128. The van der Waals surface area contributed by atoms with Gasteiger partial charge in [0.15, 0.2) is 0 Å². The third-order valence-electron chi connectivity index (χ3n) is 6.59. The number of benzene rings is 1. The highest BCUT2D eigenvalue weighted by Crippen LogP contribution is 2.33. The van der Waals surface area contributed by atoms with E-state index in [0.29, 0.717) is 12.0 Å². The van der Waals surface area contributed by atoms with Crippen LogP contribution in [0.5, 0.6) is 0 Å². The van der Waals surface area contributed by atoms with E-state index in [-0.39, 0.29) is 11.3 Å². The minimum Gasteiger partial charge on any atom is -0.371 e. The van der Waals surface area contributed by atoms with E-state index in [4.69, 9.17) is 4.98 Å². The summed E-state index contributed by atoms with van der Waals surface area (Å²) in [4.78, 5) is 19.8. The summed E-state index contributed by atoms with van der Waals surface area (Å²) in [5.41, 5.74) is 2.01. The van der Waals surface area contributed by atoms with Crippen LogP contribution in [0.4, 0.5) is 11.5 Å². The number of fused-ring (bicyclic) bond motifs is 1. The lowest BCUT2D eigenvalue weighted by atomic mass is 9.84. The molecule has 5 heteroatoms. The van der Waals surface area contributed by atoms with Gasteiger partial charge < -0.3 is 15.5 Å². The lowest BCUT2D eigenvalue weighted by Gasteiger charge is -2.34. The molecule has 2 unspecified atom stereocenters. The van der Waals surface area contributed by atoms with E-state index in [2.05, 4.69) is 45.9 Å². The summed E-state index contributed by atoms with van der Waals surface area (Å²) >= 11 is 0. The summed E-state index contributed by atoms with van der Waals surface area (Å²) in [5, 5.41) is 8.19. The second kappa shape index (κ2) is 8.83. The van der Waals surface area contributed by atoms with Crippen LogP contribution in [0, 0.1) is 11.3 Å². The Morgan fingerprint density at radius 3 is 2.60 bits per heavy atom. The van der Waals surface area contributed by atoms with Crippen LogP contribution in [0.3, 0.4) is 0 Å². The van der Waals surface area contributed by atoms with Crippen molar-refractivity contribution in [3.63, 3.8) is 0 Å². The normalized spacial score (nSPS) is 22.3. The molecular weight excluding hydrogens is 372 g/mol. The molecule has 2 atom stereocenters. The lowest BCUT2D eigenvalue weighted by Crippen LogP contribution is -2.43. The fourth-order valence-corrected chi connectivity index (χ4v) is 4.77. The third kappa shape index (κ3) is 4.71. The van der Waals surface area contributed by atoms with Crippen molar-refractivity contribution in [1.29, 1.82) is 0 Å². The molecule has 4 rings (SSSR count). The van der Waals surface area contributed by atoms with Gasteiger partial charge in [-0.3, -0.25) is 4.79 Å². The fraction of sp³-hybridized carbons (Fsp3) is 0.600. The third-order valence-corrected chi connectivity index (χ3v) is 6.59. The van der Waals surface area contributed by atoms with Gasteiger partial charge in [-0.25, -0.2) is 4.98 Å². The maximum Gasteiger partial charge on any atom is 0.225 e. The van der Waals surface area contributed by atoms with Gasteiger partial charge in [0.25, 0.3) is 0 Å². The predicted molar refractivity (Wildman–Crippen MR) is 125 cm³/mol. The quantitative estimate of drug-likeness (QED) is 0.733. The number of anilines is 2. The Labute approximate surface area is 180 Å². The molecule has 0 bridgehead atoms. The Morgan fingerprint density at radius 1 is 1.10 bits per heavy atom. The standard InChI is InChI=1S/C25H36N4O/c1-25(2,3)24(30)26-17-18-10-4-6-12-20(18)27-23-16-22(29-14-8-9-15-29)19-11-5-7-13-21(19)28-23/h5,7,11,13,16,18,20H,4,6,8-10,12,14-15,17H2,1-3H3,(H,26,30)(H,27,28). The molecule has 0 radical (unpaired) electrons. The topological polar surface area (TPSA) is 57.3 Å². The van der Waals surface area contributed by atoms with Crippen LogP contribution in [-0.2, 0) is 4.79 Å². The van der Waals surface area contributed by atoms with Crippen LogP contribution in [0.2, 0.25) is 0 Å². The Hall–Kier alpha value is -2.30. The van der Waals surface area contributed by atoms with Gasteiger partial charge in [-0.2, -0.15) is 0 Å². The molecule has 1 aliphatic heterocycles. The molecule has 2 N–H and O–H groups in total. The number of nitrogens with zero attached hydrogens (tertiary/aromatic N) is 2. The molecule has 0 spiro atoms. The summed E-state index contributed by atoms with van der Waals surface area (Å²) in [6.07, 6.45) is 7.26. The predicted octanol–water partition coefficient (Wildman–Crippen LogP) is 4.97. The molecule has 1 amide bonds. The summed E-state index contributed by atoms with van der Waals surface area (Å²) in [6, 6.07) is 11.1. The molecule has 162 valence electrons. The average molecular weight is 409 g/mol. The summed E-state index contributed by atoms with van der Waals surface area (Å²) in [7, 11) is 0. The highest BCUT2D eigenvalue weighted by atomic mass is 16.2. The number of rotatable bonds is 5. The number of carbonyl (C=O) groups excluding carboxylic acids is 1. The van der Waals surface area contributed by atoms with E-state index in [0.717, 1.165) is 43.8 Å². The number of hydrogen-bond donors (Lipinski definition) is 2. The molecule has 1 saturated heterocycles.